The van der Waals surface area contributed by atoms with Crippen molar-refractivity contribution in [3.63, 3.8) is 0 Å². The molecule has 0 spiro atoms. The van der Waals surface area contributed by atoms with Crippen LogP contribution in [0.15, 0.2) is 24.3 Å². The van der Waals surface area contributed by atoms with Gasteiger partial charge in [0.15, 0.2) is 0 Å². The van der Waals surface area contributed by atoms with Gasteiger partial charge in [-0.15, -0.1) is 0 Å². The van der Waals surface area contributed by atoms with Crippen LogP contribution in [0.1, 0.15) is 114 Å². The average molecular weight is 359 g/mol. The van der Waals surface area contributed by atoms with Crippen molar-refractivity contribution in [2.75, 3.05) is 0 Å². The van der Waals surface area contributed by atoms with Crippen molar-refractivity contribution in [2.24, 2.45) is 11.8 Å². The monoisotopic (exact) mass is 358 g/mol. The van der Waals surface area contributed by atoms with Crippen molar-refractivity contribution >= 4 is 0 Å². The first-order valence-electron chi connectivity index (χ1n) is 11.4. The van der Waals surface area contributed by atoms with Gasteiger partial charge in [0.05, 0.1) is 0 Å². The molecule has 2 aliphatic carbocycles. The van der Waals surface area contributed by atoms with Crippen LogP contribution in [-0.4, -0.2) is 0 Å². The highest BCUT2D eigenvalue weighted by atomic mass is 19.1. The molecule has 3 rings (SSSR count). The van der Waals surface area contributed by atoms with Crippen LogP contribution in [0.3, 0.4) is 0 Å². The van der Waals surface area contributed by atoms with Crippen LogP contribution in [0.5, 0.6) is 0 Å². The molecular formula is C25H39F. The number of benzene rings is 1. The highest BCUT2D eigenvalue weighted by Gasteiger charge is 2.36. The maximum atomic E-state index is 15.4. The molecule has 0 unspecified atom stereocenters. The van der Waals surface area contributed by atoms with Crippen molar-refractivity contribution in [1.29, 1.82) is 0 Å². The second kappa shape index (κ2) is 9.38. The summed E-state index contributed by atoms with van der Waals surface area (Å²) in [5.41, 5.74) is 1.32. The number of alkyl halides is 1. The van der Waals surface area contributed by atoms with E-state index in [1.54, 1.807) is 0 Å². The smallest absolute Gasteiger partial charge is 0.136 e. The Morgan fingerprint density at radius 3 is 2.08 bits per heavy atom. The summed E-state index contributed by atoms with van der Waals surface area (Å²) in [6, 6.07) is 8.69. The molecule has 146 valence electrons. The van der Waals surface area contributed by atoms with E-state index in [1.165, 1.54) is 63.4 Å². The van der Waals surface area contributed by atoms with Gasteiger partial charge in [-0.25, -0.2) is 4.39 Å². The molecule has 0 atom stereocenters. The van der Waals surface area contributed by atoms with Gasteiger partial charge in [-0.1, -0.05) is 70.2 Å². The van der Waals surface area contributed by atoms with E-state index in [4.69, 9.17) is 0 Å². The molecule has 1 aromatic rings. The predicted octanol–water partition coefficient (Wildman–Crippen LogP) is 8.31. The molecule has 0 amide bonds. The van der Waals surface area contributed by atoms with Crippen LogP contribution < -0.4 is 0 Å². The van der Waals surface area contributed by atoms with Gasteiger partial charge in [-0.3, -0.25) is 0 Å². The van der Waals surface area contributed by atoms with Crippen LogP contribution in [0.2, 0.25) is 0 Å². The molecule has 0 aromatic heterocycles. The molecule has 0 radical (unpaired) electrons. The summed E-state index contributed by atoms with van der Waals surface area (Å²) in [5.74, 6) is 2.41. The molecule has 0 heterocycles. The fraction of sp³-hybridized carbons (Fsp3) is 0.760. The maximum absolute atomic E-state index is 15.4. The SMILES string of the molecule is CCCCCC1CCC(c2ccc(C3(F)CCC(CC)CC3)cc2)CC1. The van der Waals surface area contributed by atoms with Gasteiger partial charge in [0.1, 0.15) is 5.67 Å². The van der Waals surface area contributed by atoms with Crippen molar-refractivity contribution in [2.45, 2.75) is 109 Å². The third kappa shape index (κ3) is 4.90. The number of unbranched alkanes of at least 4 members (excludes halogenated alkanes) is 2. The minimum Gasteiger partial charge on any atom is -0.239 e. The molecule has 0 nitrogen and oxygen atoms in total. The van der Waals surface area contributed by atoms with Crippen LogP contribution >= 0.6 is 0 Å². The van der Waals surface area contributed by atoms with Gasteiger partial charge in [-0.2, -0.15) is 0 Å². The molecule has 0 bridgehead atoms. The molecule has 2 fully saturated rings. The van der Waals surface area contributed by atoms with E-state index in [0.29, 0.717) is 18.8 Å². The summed E-state index contributed by atoms with van der Waals surface area (Å²) in [4.78, 5) is 0. The van der Waals surface area contributed by atoms with Crippen molar-refractivity contribution in [3.05, 3.63) is 35.4 Å². The van der Waals surface area contributed by atoms with Gasteiger partial charge in [-0.05, 0) is 80.2 Å². The summed E-state index contributed by atoms with van der Waals surface area (Å²) in [6.07, 6.45) is 15.8. The van der Waals surface area contributed by atoms with E-state index in [-0.39, 0.29) is 0 Å². The summed E-state index contributed by atoms with van der Waals surface area (Å²) in [6.45, 7) is 4.53. The van der Waals surface area contributed by atoms with E-state index < -0.39 is 5.67 Å². The predicted molar refractivity (Wildman–Crippen MR) is 110 cm³/mol. The molecule has 2 saturated carbocycles. The van der Waals surface area contributed by atoms with E-state index in [0.717, 1.165) is 30.2 Å². The highest BCUT2D eigenvalue weighted by Crippen LogP contribution is 2.44. The van der Waals surface area contributed by atoms with Crippen molar-refractivity contribution in [3.8, 4) is 0 Å². The Hall–Kier alpha value is -0.850. The van der Waals surface area contributed by atoms with Crippen molar-refractivity contribution in [1.82, 2.24) is 0 Å². The first-order valence-corrected chi connectivity index (χ1v) is 11.4. The number of halogens is 1. The first-order chi connectivity index (χ1) is 12.6. The molecule has 0 N–H and O–H groups in total. The van der Waals surface area contributed by atoms with Crippen LogP contribution in [0.4, 0.5) is 4.39 Å². The van der Waals surface area contributed by atoms with Gasteiger partial charge < -0.3 is 0 Å². The molecular weight excluding hydrogens is 319 g/mol. The van der Waals surface area contributed by atoms with E-state index in [1.807, 2.05) is 0 Å². The number of rotatable bonds is 7. The molecule has 0 saturated heterocycles. The number of hydrogen-bond acceptors (Lipinski definition) is 0. The summed E-state index contributed by atoms with van der Waals surface area (Å²) in [5, 5.41) is 0. The molecule has 2 aliphatic rings. The fourth-order valence-electron chi connectivity index (χ4n) is 5.35. The normalized spacial score (nSPS) is 32.5. The van der Waals surface area contributed by atoms with Gasteiger partial charge in [0, 0.05) is 0 Å². The van der Waals surface area contributed by atoms with Gasteiger partial charge in [0.2, 0.25) is 0 Å². The molecule has 0 aliphatic heterocycles. The van der Waals surface area contributed by atoms with E-state index >= 15 is 4.39 Å². The lowest BCUT2D eigenvalue weighted by Crippen LogP contribution is -2.27. The van der Waals surface area contributed by atoms with Gasteiger partial charge in [0.25, 0.3) is 0 Å². The molecule has 26 heavy (non-hydrogen) atoms. The zero-order valence-electron chi connectivity index (χ0n) is 17.1. The van der Waals surface area contributed by atoms with Crippen LogP contribution in [0.25, 0.3) is 0 Å². The fourth-order valence-corrected chi connectivity index (χ4v) is 5.35. The zero-order chi connectivity index (χ0) is 18.4. The Morgan fingerprint density at radius 1 is 0.846 bits per heavy atom. The van der Waals surface area contributed by atoms with E-state index in [2.05, 4.69) is 38.1 Å². The summed E-state index contributed by atoms with van der Waals surface area (Å²) >= 11 is 0. The molecule has 1 heteroatoms. The quantitative estimate of drug-likeness (QED) is 0.430. The zero-order valence-corrected chi connectivity index (χ0v) is 17.1. The minimum atomic E-state index is -1.07. The minimum absolute atomic E-state index is 0.706. The second-order valence-electron chi connectivity index (χ2n) is 9.15. The largest absolute Gasteiger partial charge is 0.239 e. The first kappa shape index (κ1) is 19.9. The molecule has 1 aromatic carbocycles. The van der Waals surface area contributed by atoms with Crippen LogP contribution in [-0.2, 0) is 5.67 Å². The van der Waals surface area contributed by atoms with Gasteiger partial charge >= 0.3 is 0 Å². The highest BCUT2D eigenvalue weighted by molar-refractivity contribution is 5.30. The standard InChI is InChI=1S/C25H39F/c1-3-5-6-7-21-8-10-22(11-9-21)23-12-14-24(15-13-23)25(26)18-16-20(4-2)17-19-25/h12-15,20-22H,3-11,16-19H2,1-2H3. The number of hydrogen-bond donors (Lipinski definition) is 0. The van der Waals surface area contributed by atoms with Crippen LogP contribution in [0, 0.1) is 11.8 Å². The summed E-state index contributed by atoms with van der Waals surface area (Å²) < 4.78 is 15.4. The lowest BCUT2D eigenvalue weighted by atomic mass is 9.74. The topological polar surface area (TPSA) is 0 Å². The second-order valence-corrected chi connectivity index (χ2v) is 9.15. The Balaban J connectivity index is 1.52. The third-order valence-corrected chi connectivity index (χ3v) is 7.44. The average Bonchev–Trinajstić information content (AvgIpc) is 2.69. The Kier molecular flexibility index (Phi) is 7.18. The van der Waals surface area contributed by atoms with Crippen molar-refractivity contribution < 1.29 is 4.39 Å². The Bertz CT molecular complexity index is 516. The Labute approximate surface area is 161 Å². The lowest BCUT2D eigenvalue weighted by Gasteiger charge is -2.34. The third-order valence-electron chi connectivity index (χ3n) is 7.44. The summed E-state index contributed by atoms with van der Waals surface area (Å²) in [7, 11) is 0. The lowest BCUT2D eigenvalue weighted by molar-refractivity contribution is 0.0807. The maximum Gasteiger partial charge on any atom is 0.136 e. The van der Waals surface area contributed by atoms with E-state index in [9.17, 15) is 0 Å². The Morgan fingerprint density at radius 2 is 1.50 bits per heavy atom.